The zero-order valence-corrected chi connectivity index (χ0v) is 17.6. The lowest BCUT2D eigenvalue weighted by atomic mass is 9.98. The summed E-state index contributed by atoms with van der Waals surface area (Å²) >= 11 is 0. The third-order valence-corrected chi connectivity index (χ3v) is 6.43. The van der Waals surface area contributed by atoms with Crippen molar-refractivity contribution in [2.75, 3.05) is 17.9 Å². The Balaban J connectivity index is 1.45. The maximum absolute atomic E-state index is 13.0. The van der Waals surface area contributed by atoms with Crippen LogP contribution in [-0.4, -0.2) is 33.6 Å². The minimum Gasteiger partial charge on any atom is -0.378 e. The van der Waals surface area contributed by atoms with Crippen molar-refractivity contribution >= 4 is 21.6 Å². The molecule has 1 fully saturated rings. The molecule has 8 heteroatoms. The quantitative estimate of drug-likeness (QED) is 0.582. The number of ether oxygens (including phenoxy) is 1. The van der Waals surface area contributed by atoms with Crippen molar-refractivity contribution in [3.63, 3.8) is 0 Å². The van der Waals surface area contributed by atoms with Crippen LogP contribution in [0.15, 0.2) is 53.4 Å². The average Bonchev–Trinajstić information content (AvgIpc) is 2.76. The molecule has 2 aromatic carbocycles. The van der Waals surface area contributed by atoms with E-state index in [0.29, 0.717) is 24.8 Å². The van der Waals surface area contributed by atoms with E-state index in [1.807, 2.05) is 0 Å². The molecule has 3 rings (SSSR count). The van der Waals surface area contributed by atoms with Gasteiger partial charge >= 0.3 is 0 Å². The molecule has 1 amide bonds. The van der Waals surface area contributed by atoms with Crippen LogP contribution in [0.25, 0.3) is 0 Å². The molecule has 30 heavy (non-hydrogen) atoms. The van der Waals surface area contributed by atoms with E-state index in [9.17, 15) is 17.6 Å². The molecule has 0 bridgehead atoms. The summed E-state index contributed by atoms with van der Waals surface area (Å²) in [4.78, 5) is 12.3. The lowest BCUT2D eigenvalue weighted by Gasteiger charge is -2.21. The summed E-state index contributed by atoms with van der Waals surface area (Å²) in [6.45, 7) is 1.12. The van der Waals surface area contributed by atoms with E-state index in [1.165, 1.54) is 67.8 Å². The zero-order valence-electron chi connectivity index (χ0n) is 16.8. The summed E-state index contributed by atoms with van der Waals surface area (Å²) in [5, 5.41) is 2.82. The van der Waals surface area contributed by atoms with Crippen LogP contribution in [0.2, 0.25) is 0 Å². The van der Waals surface area contributed by atoms with Crippen LogP contribution < -0.4 is 10.0 Å². The zero-order chi connectivity index (χ0) is 21.4. The second-order valence-electron chi connectivity index (χ2n) is 7.38. The predicted octanol–water partition coefficient (Wildman–Crippen LogP) is 4.10. The molecule has 162 valence electrons. The van der Waals surface area contributed by atoms with Crippen molar-refractivity contribution in [1.29, 1.82) is 0 Å². The summed E-state index contributed by atoms with van der Waals surface area (Å²) in [6.07, 6.45) is 7.08. The van der Waals surface area contributed by atoms with Crippen LogP contribution in [0.5, 0.6) is 0 Å². The van der Waals surface area contributed by atoms with Gasteiger partial charge in [0.25, 0.3) is 15.9 Å². The van der Waals surface area contributed by atoms with Gasteiger partial charge in [-0.15, -0.1) is 0 Å². The van der Waals surface area contributed by atoms with Crippen LogP contribution in [0.3, 0.4) is 0 Å². The molecule has 2 aromatic rings. The topological polar surface area (TPSA) is 84.5 Å². The third kappa shape index (κ3) is 6.53. The number of carbonyl (C=O) groups excluding carboxylic acids is 1. The molecule has 6 nitrogen and oxygen atoms in total. The minimum atomic E-state index is -3.82. The molecule has 0 heterocycles. The highest BCUT2D eigenvalue weighted by Gasteiger charge is 2.16. The SMILES string of the molecule is O=C(NCCCOC1CCCCC1)c1ccc(S(=O)(=O)Nc2ccc(F)cc2)cc1. The Morgan fingerprint density at radius 2 is 1.67 bits per heavy atom. The number of hydrogen-bond donors (Lipinski definition) is 2. The number of nitrogens with one attached hydrogen (secondary N) is 2. The molecule has 0 saturated heterocycles. The number of amides is 1. The Hall–Kier alpha value is -2.45. The molecule has 2 N–H and O–H groups in total. The summed E-state index contributed by atoms with van der Waals surface area (Å²) < 4.78 is 46.0. The Morgan fingerprint density at radius 1 is 1.00 bits per heavy atom. The fraction of sp³-hybridized carbons (Fsp3) is 0.409. The highest BCUT2D eigenvalue weighted by atomic mass is 32.2. The van der Waals surface area contributed by atoms with Crippen LogP contribution in [-0.2, 0) is 14.8 Å². The number of sulfonamides is 1. The van der Waals surface area contributed by atoms with Crippen molar-refractivity contribution in [1.82, 2.24) is 5.32 Å². The first kappa shape index (κ1) is 22.2. The third-order valence-electron chi connectivity index (χ3n) is 5.04. The number of anilines is 1. The lowest BCUT2D eigenvalue weighted by Crippen LogP contribution is -2.26. The van der Waals surface area contributed by atoms with E-state index < -0.39 is 15.8 Å². The molecule has 0 atom stereocenters. The largest absolute Gasteiger partial charge is 0.378 e. The Morgan fingerprint density at radius 3 is 2.33 bits per heavy atom. The van der Waals surface area contributed by atoms with Crippen molar-refractivity contribution in [2.45, 2.75) is 49.5 Å². The van der Waals surface area contributed by atoms with Crippen LogP contribution in [0.4, 0.5) is 10.1 Å². The van der Waals surface area contributed by atoms with Gasteiger partial charge in [-0.25, -0.2) is 12.8 Å². The molecule has 0 unspecified atom stereocenters. The van der Waals surface area contributed by atoms with Gasteiger partial charge in [-0.05, 0) is 67.8 Å². The maximum atomic E-state index is 13.0. The Labute approximate surface area is 176 Å². The summed E-state index contributed by atoms with van der Waals surface area (Å²) in [5.41, 5.74) is 0.637. The van der Waals surface area contributed by atoms with Crippen molar-refractivity contribution in [2.24, 2.45) is 0 Å². The Bertz CT molecular complexity index is 925. The second-order valence-corrected chi connectivity index (χ2v) is 9.06. The maximum Gasteiger partial charge on any atom is 0.261 e. The lowest BCUT2D eigenvalue weighted by molar-refractivity contribution is 0.0273. The molecule has 1 saturated carbocycles. The number of carbonyl (C=O) groups is 1. The van der Waals surface area contributed by atoms with E-state index in [4.69, 9.17) is 4.74 Å². The first-order valence-electron chi connectivity index (χ1n) is 10.2. The van der Waals surface area contributed by atoms with Crippen LogP contribution in [0, 0.1) is 5.82 Å². The van der Waals surface area contributed by atoms with Crippen LogP contribution in [0.1, 0.15) is 48.9 Å². The molecule has 0 spiro atoms. The molecule has 0 aliphatic heterocycles. The van der Waals surface area contributed by atoms with Crippen molar-refractivity contribution in [3.05, 3.63) is 59.9 Å². The van der Waals surface area contributed by atoms with Gasteiger partial charge in [0.1, 0.15) is 5.82 Å². The first-order valence-corrected chi connectivity index (χ1v) is 11.7. The highest BCUT2D eigenvalue weighted by Crippen LogP contribution is 2.20. The van der Waals surface area contributed by atoms with E-state index >= 15 is 0 Å². The van der Waals surface area contributed by atoms with Gasteiger partial charge in [-0.3, -0.25) is 9.52 Å². The van der Waals surface area contributed by atoms with Crippen molar-refractivity contribution < 1.29 is 22.3 Å². The smallest absolute Gasteiger partial charge is 0.261 e. The highest BCUT2D eigenvalue weighted by molar-refractivity contribution is 7.92. The fourth-order valence-electron chi connectivity index (χ4n) is 3.38. The summed E-state index contributed by atoms with van der Waals surface area (Å²) in [7, 11) is -3.82. The molecular formula is C22H27FN2O4S. The van der Waals surface area contributed by atoms with Gasteiger partial charge in [0, 0.05) is 24.4 Å². The van der Waals surface area contributed by atoms with Crippen molar-refractivity contribution in [3.8, 4) is 0 Å². The number of hydrogen-bond acceptors (Lipinski definition) is 4. The van der Waals surface area contributed by atoms with Gasteiger partial charge < -0.3 is 10.1 Å². The monoisotopic (exact) mass is 434 g/mol. The van der Waals surface area contributed by atoms with Crippen LogP contribution >= 0.6 is 0 Å². The molecule has 0 radical (unpaired) electrons. The summed E-state index contributed by atoms with van der Waals surface area (Å²) in [5.74, 6) is -0.711. The number of halogens is 1. The fourth-order valence-corrected chi connectivity index (χ4v) is 4.43. The normalized spacial score (nSPS) is 15.0. The summed E-state index contributed by atoms with van der Waals surface area (Å²) in [6, 6.07) is 10.7. The molecule has 1 aliphatic carbocycles. The van der Waals surface area contributed by atoms with E-state index in [2.05, 4.69) is 10.0 Å². The standard InChI is InChI=1S/C22H27FN2O4S/c23-18-9-11-19(12-10-18)25-30(27,28)21-13-7-17(8-14-21)22(26)24-15-4-16-29-20-5-2-1-3-6-20/h7-14,20,25H,1-6,15-16H2,(H,24,26). The number of benzene rings is 2. The average molecular weight is 435 g/mol. The predicted molar refractivity (Wildman–Crippen MR) is 113 cm³/mol. The second kappa shape index (κ2) is 10.5. The number of rotatable bonds is 9. The van der Waals surface area contributed by atoms with E-state index in [-0.39, 0.29) is 16.5 Å². The van der Waals surface area contributed by atoms with Gasteiger partial charge in [-0.1, -0.05) is 19.3 Å². The van der Waals surface area contributed by atoms with Gasteiger partial charge in [0.15, 0.2) is 0 Å². The van der Waals surface area contributed by atoms with E-state index in [0.717, 1.165) is 19.3 Å². The molecular weight excluding hydrogens is 407 g/mol. The Kier molecular flexibility index (Phi) is 7.81. The van der Waals surface area contributed by atoms with Gasteiger partial charge in [0.2, 0.25) is 0 Å². The van der Waals surface area contributed by atoms with Gasteiger partial charge in [-0.2, -0.15) is 0 Å². The molecule has 1 aliphatic rings. The minimum absolute atomic E-state index is 0.0178. The molecule has 0 aromatic heterocycles. The van der Waals surface area contributed by atoms with E-state index in [1.54, 1.807) is 0 Å². The van der Waals surface area contributed by atoms with Gasteiger partial charge in [0.05, 0.1) is 11.0 Å². The first-order chi connectivity index (χ1) is 14.4.